The summed E-state index contributed by atoms with van der Waals surface area (Å²) in [6.07, 6.45) is 4.54. The van der Waals surface area contributed by atoms with Gasteiger partial charge in [-0.25, -0.2) is 9.97 Å². The normalized spacial score (nSPS) is 18.0. The first-order chi connectivity index (χ1) is 13.8. The van der Waals surface area contributed by atoms with Gasteiger partial charge in [-0.3, -0.25) is 14.0 Å². The fraction of sp³-hybridized carbons (Fsp3) is 0.474. The molecule has 8 nitrogen and oxygen atoms in total. The molecule has 0 saturated carbocycles. The summed E-state index contributed by atoms with van der Waals surface area (Å²) in [5.74, 6) is -0.0370. The Morgan fingerprint density at radius 3 is 2.72 bits per heavy atom. The average molecular weight is 404 g/mol. The molecule has 10 heteroatoms. The minimum Gasteiger partial charge on any atom is -0.473 e. The molecule has 3 aromatic rings. The first-order valence-electron chi connectivity index (χ1n) is 9.47. The van der Waals surface area contributed by atoms with Crippen molar-refractivity contribution in [3.63, 3.8) is 0 Å². The number of rotatable bonds is 6. The molecule has 4 heterocycles. The van der Waals surface area contributed by atoms with Gasteiger partial charge in [0, 0.05) is 36.7 Å². The molecule has 0 aromatic carbocycles. The molecule has 0 aliphatic carbocycles. The molecule has 0 spiro atoms. The number of nitrogens with one attached hydrogen (secondary N) is 1. The molecule has 1 saturated heterocycles. The van der Waals surface area contributed by atoms with Crippen LogP contribution in [0.4, 0.5) is 8.78 Å². The number of ether oxygens (including phenoxy) is 1. The molecule has 0 radical (unpaired) electrons. The van der Waals surface area contributed by atoms with Gasteiger partial charge in [-0.05, 0) is 26.8 Å². The Morgan fingerprint density at radius 1 is 1.31 bits per heavy atom. The molecule has 154 valence electrons. The molecule has 3 aromatic heterocycles. The topological polar surface area (TPSA) is 86.9 Å². The van der Waals surface area contributed by atoms with Crippen molar-refractivity contribution < 1.29 is 18.3 Å². The van der Waals surface area contributed by atoms with Gasteiger partial charge in [-0.1, -0.05) is 0 Å². The summed E-state index contributed by atoms with van der Waals surface area (Å²) in [6, 6.07) is 1.82. The van der Waals surface area contributed by atoms with Crippen molar-refractivity contribution in [2.24, 2.45) is 5.92 Å². The lowest BCUT2D eigenvalue weighted by atomic mass is 10.0. The molecular formula is C19H22F2N6O2. The summed E-state index contributed by atoms with van der Waals surface area (Å²) in [7, 11) is 0. The second kappa shape index (κ2) is 7.41. The Kier molecular flexibility index (Phi) is 4.93. The number of aromatic nitrogens is 5. The van der Waals surface area contributed by atoms with Crippen LogP contribution in [0.2, 0.25) is 0 Å². The van der Waals surface area contributed by atoms with Crippen LogP contribution >= 0.6 is 0 Å². The van der Waals surface area contributed by atoms with Crippen LogP contribution in [0.5, 0.6) is 5.88 Å². The molecule has 1 aliphatic rings. The van der Waals surface area contributed by atoms with E-state index in [9.17, 15) is 13.6 Å². The highest BCUT2D eigenvalue weighted by Gasteiger charge is 2.29. The van der Waals surface area contributed by atoms with Gasteiger partial charge in [0.05, 0.1) is 17.4 Å². The highest BCUT2D eigenvalue weighted by atomic mass is 19.3. The number of pyridine rings is 1. The Balaban J connectivity index is 1.76. The maximum atomic E-state index is 13.5. The smallest absolute Gasteiger partial charge is 0.320 e. The third kappa shape index (κ3) is 3.66. The number of hydrogen-bond acceptors (Lipinski definition) is 5. The quantitative estimate of drug-likeness (QED) is 0.682. The molecule has 1 unspecified atom stereocenters. The van der Waals surface area contributed by atoms with Crippen molar-refractivity contribution in [3.05, 3.63) is 24.8 Å². The van der Waals surface area contributed by atoms with Gasteiger partial charge in [-0.2, -0.15) is 13.9 Å². The summed E-state index contributed by atoms with van der Waals surface area (Å²) >= 11 is 0. The third-order valence-electron chi connectivity index (χ3n) is 5.13. The molecular weight excluding hydrogens is 382 g/mol. The van der Waals surface area contributed by atoms with Gasteiger partial charge in [-0.15, -0.1) is 0 Å². The minimum absolute atomic E-state index is 0.0453. The fourth-order valence-corrected chi connectivity index (χ4v) is 3.39. The predicted molar refractivity (Wildman–Crippen MR) is 102 cm³/mol. The number of imidazole rings is 1. The lowest BCUT2D eigenvalue weighted by Gasteiger charge is -2.20. The zero-order chi connectivity index (χ0) is 20.7. The number of amides is 1. The van der Waals surface area contributed by atoms with E-state index in [1.165, 1.54) is 0 Å². The monoisotopic (exact) mass is 404 g/mol. The fourth-order valence-electron chi connectivity index (χ4n) is 3.39. The van der Waals surface area contributed by atoms with Crippen LogP contribution in [0.15, 0.2) is 24.8 Å². The molecule has 4 rings (SSSR count). The van der Waals surface area contributed by atoms with E-state index in [0.29, 0.717) is 24.2 Å². The van der Waals surface area contributed by atoms with Gasteiger partial charge < -0.3 is 10.1 Å². The zero-order valence-electron chi connectivity index (χ0n) is 16.3. The molecule has 1 N–H and O–H groups in total. The highest BCUT2D eigenvalue weighted by molar-refractivity contribution is 5.84. The maximum absolute atomic E-state index is 13.5. The molecule has 29 heavy (non-hydrogen) atoms. The number of hydrogen-bond donors (Lipinski definition) is 1. The largest absolute Gasteiger partial charge is 0.473 e. The van der Waals surface area contributed by atoms with E-state index in [2.05, 4.69) is 20.4 Å². The summed E-state index contributed by atoms with van der Waals surface area (Å²) in [4.78, 5) is 20.1. The second-order valence-electron chi connectivity index (χ2n) is 7.50. The molecule has 2 atom stereocenters. The summed E-state index contributed by atoms with van der Waals surface area (Å²) in [5.41, 5.74) is 1.76. The van der Waals surface area contributed by atoms with Crippen LogP contribution in [0.25, 0.3) is 22.3 Å². The van der Waals surface area contributed by atoms with E-state index in [4.69, 9.17) is 4.74 Å². The van der Waals surface area contributed by atoms with E-state index in [-0.39, 0.29) is 35.4 Å². The van der Waals surface area contributed by atoms with E-state index in [1.54, 1.807) is 16.9 Å². The summed E-state index contributed by atoms with van der Waals surface area (Å²) in [5, 5.41) is 7.07. The number of alkyl halides is 2. The van der Waals surface area contributed by atoms with Crippen LogP contribution in [0, 0.1) is 5.92 Å². The van der Waals surface area contributed by atoms with Crippen molar-refractivity contribution in [2.75, 3.05) is 6.54 Å². The summed E-state index contributed by atoms with van der Waals surface area (Å²) < 4.78 is 35.5. The van der Waals surface area contributed by atoms with Gasteiger partial charge >= 0.3 is 6.55 Å². The first kappa shape index (κ1) is 19.3. The van der Waals surface area contributed by atoms with Crippen molar-refractivity contribution >= 4 is 16.9 Å². The lowest BCUT2D eigenvalue weighted by molar-refractivity contribution is -0.119. The second-order valence-corrected chi connectivity index (χ2v) is 7.50. The first-order valence-corrected chi connectivity index (χ1v) is 9.47. The number of fused-ring (bicyclic) bond motifs is 1. The van der Waals surface area contributed by atoms with Crippen molar-refractivity contribution in [1.82, 2.24) is 29.6 Å². The molecule has 1 fully saturated rings. The SMILES string of the molecule is CC(C)n1cc(-c2cc3ncn(C(F)F)c3c(O[C@H](C)C3CNC(=O)C3)n2)cn1. The van der Waals surface area contributed by atoms with E-state index >= 15 is 0 Å². The molecule has 1 amide bonds. The summed E-state index contributed by atoms with van der Waals surface area (Å²) in [6.45, 7) is 3.53. The van der Waals surface area contributed by atoms with Crippen LogP contribution in [-0.4, -0.2) is 42.9 Å². The zero-order valence-corrected chi connectivity index (χ0v) is 16.3. The van der Waals surface area contributed by atoms with Crippen molar-refractivity contribution in [2.45, 2.75) is 45.9 Å². The van der Waals surface area contributed by atoms with E-state index in [1.807, 2.05) is 27.0 Å². The maximum Gasteiger partial charge on any atom is 0.320 e. The Labute approximate surface area is 165 Å². The van der Waals surface area contributed by atoms with Gasteiger partial charge in [0.1, 0.15) is 17.9 Å². The Hall–Kier alpha value is -3.04. The van der Waals surface area contributed by atoms with E-state index in [0.717, 1.165) is 16.5 Å². The minimum atomic E-state index is -2.77. The van der Waals surface area contributed by atoms with Crippen LogP contribution in [0.3, 0.4) is 0 Å². The Bertz CT molecular complexity index is 1040. The van der Waals surface area contributed by atoms with Crippen LogP contribution < -0.4 is 10.1 Å². The number of carbonyl (C=O) groups is 1. The predicted octanol–water partition coefficient (Wildman–Crippen LogP) is 3.17. The highest BCUT2D eigenvalue weighted by Crippen LogP contribution is 2.33. The van der Waals surface area contributed by atoms with Crippen molar-refractivity contribution in [3.8, 4) is 17.1 Å². The van der Waals surface area contributed by atoms with Crippen LogP contribution in [-0.2, 0) is 4.79 Å². The average Bonchev–Trinajstić information content (AvgIpc) is 3.40. The number of nitrogens with zero attached hydrogens (tertiary/aromatic N) is 5. The van der Waals surface area contributed by atoms with Gasteiger partial charge in [0.2, 0.25) is 11.8 Å². The molecule has 0 bridgehead atoms. The number of halogens is 2. The Morgan fingerprint density at radius 2 is 2.10 bits per heavy atom. The third-order valence-corrected chi connectivity index (χ3v) is 5.13. The lowest BCUT2D eigenvalue weighted by Crippen LogP contribution is -2.26. The van der Waals surface area contributed by atoms with Crippen molar-refractivity contribution in [1.29, 1.82) is 0 Å². The van der Waals surface area contributed by atoms with E-state index < -0.39 is 6.55 Å². The van der Waals surface area contributed by atoms with Gasteiger partial charge in [0.15, 0.2) is 0 Å². The molecule has 1 aliphatic heterocycles. The van der Waals surface area contributed by atoms with Gasteiger partial charge in [0.25, 0.3) is 0 Å². The number of carbonyl (C=O) groups excluding carboxylic acids is 1. The van der Waals surface area contributed by atoms with Crippen LogP contribution in [0.1, 0.15) is 39.8 Å². The standard InChI is InChI=1S/C19H22F2N6O2/c1-10(2)27-8-13(7-24-27)14-5-15-17(26(9-23-15)19(20)21)18(25-14)29-11(3)12-4-16(28)22-6-12/h5,7-12,19H,4,6H2,1-3H3,(H,22,28)/t11-,12?/m1/s1.